The van der Waals surface area contributed by atoms with Crippen molar-refractivity contribution in [1.29, 1.82) is 0 Å². The van der Waals surface area contributed by atoms with Crippen molar-refractivity contribution in [1.82, 2.24) is 16.0 Å². The smallest absolute Gasteiger partial charge is 0.328 e. The number of nitrogens with one attached hydrogen (secondary N) is 3. The fraction of sp³-hybridized carbons (Fsp3) is 0.250. The highest BCUT2D eigenvalue weighted by Crippen LogP contribution is 2.30. The van der Waals surface area contributed by atoms with Gasteiger partial charge in [0.05, 0.1) is 28.2 Å². The molecule has 4 N–H and O–H groups in total. The molecule has 0 radical (unpaired) electrons. The van der Waals surface area contributed by atoms with Crippen LogP contribution in [0.25, 0.3) is 0 Å². The van der Waals surface area contributed by atoms with Crippen molar-refractivity contribution in [3.8, 4) is 0 Å². The first-order valence-electron chi connectivity index (χ1n) is 9.06. The van der Waals surface area contributed by atoms with E-state index in [1.54, 1.807) is 0 Å². The van der Waals surface area contributed by atoms with Crippen molar-refractivity contribution in [2.75, 3.05) is 6.54 Å². The minimum Gasteiger partial charge on any atom is -0.480 e. The third-order valence-electron chi connectivity index (χ3n) is 4.74. The van der Waals surface area contributed by atoms with Crippen LogP contribution in [0.5, 0.6) is 0 Å². The number of amides is 3. The van der Waals surface area contributed by atoms with E-state index < -0.39 is 23.9 Å². The van der Waals surface area contributed by atoms with Crippen LogP contribution < -0.4 is 16.0 Å². The first-order valence-corrected chi connectivity index (χ1v) is 10.2. The largest absolute Gasteiger partial charge is 0.480 e. The molecular formula is C20H18Cl3N3O4. The number of carboxylic acid groups (broad SMARTS) is 1. The van der Waals surface area contributed by atoms with Crippen molar-refractivity contribution >= 4 is 52.7 Å². The van der Waals surface area contributed by atoms with Gasteiger partial charge in [-0.3, -0.25) is 4.79 Å². The van der Waals surface area contributed by atoms with E-state index in [-0.39, 0.29) is 33.2 Å². The minimum absolute atomic E-state index is 0.0141. The summed E-state index contributed by atoms with van der Waals surface area (Å²) in [5.74, 6) is -2.11. The Balaban J connectivity index is 1.59. The maximum absolute atomic E-state index is 12.5. The number of fused-ring (bicyclic) bond motifs is 1. The number of halogens is 3. The zero-order chi connectivity index (χ0) is 21.8. The van der Waals surface area contributed by atoms with Gasteiger partial charge < -0.3 is 21.1 Å². The molecule has 0 fully saturated rings. The summed E-state index contributed by atoms with van der Waals surface area (Å²) in [7, 11) is 0. The highest BCUT2D eigenvalue weighted by Gasteiger charge is 2.26. The molecule has 3 rings (SSSR count). The fourth-order valence-electron chi connectivity index (χ4n) is 3.30. The Morgan fingerprint density at radius 3 is 2.43 bits per heavy atom. The molecule has 0 aliphatic heterocycles. The Bertz CT molecular complexity index is 976. The van der Waals surface area contributed by atoms with E-state index in [1.165, 1.54) is 17.7 Å². The molecule has 3 amide bonds. The Morgan fingerprint density at radius 2 is 1.77 bits per heavy atom. The van der Waals surface area contributed by atoms with E-state index >= 15 is 0 Å². The molecule has 158 valence electrons. The number of aryl methyl sites for hydroxylation is 1. The van der Waals surface area contributed by atoms with E-state index in [1.807, 2.05) is 24.3 Å². The van der Waals surface area contributed by atoms with Gasteiger partial charge in [0.1, 0.15) is 6.04 Å². The second-order valence-electron chi connectivity index (χ2n) is 6.75. The molecule has 2 atom stereocenters. The number of hydrogen-bond donors (Lipinski definition) is 4. The van der Waals surface area contributed by atoms with Crippen molar-refractivity contribution in [2.24, 2.45) is 0 Å². The van der Waals surface area contributed by atoms with E-state index in [0.29, 0.717) is 0 Å². The summed E-state index contributed by atoms with van der Waals surface area (Å²) in [6, 6.07) is 8.40. The average Bonchev–Trinajstić information content (AvgIpc) is 3.07. The van der Waals surface area contributed by atoms with Gasteiger partial charge in [-0.15, -0.1) is 0 Å². The molecule has 0 aromatic heterocycles. The topological polar surface area (TPSA) is 108 Å². The number of carbonyl (C=O) groups is 3. The summed E-state index contributed by atoms with van der Waals surface area (Å²) in [4.78, 5) is 36.2. The van der Waals surface area contributed by atoms with Gasteiger partial charge in [-0.1, -0.05) is 59.1 Å². The molecule has 0 saturated carbocycles. The summed E-state index contributed by atoms with van der Waals surface area (Å²) < 4.78 is 0. The summed E-state index contributed by atoms with van der Waals surface area (Å²) in [6.45, 7) is -0.329. The van der Waals surface area contributed by atoms with Crippen LogP contribution in [-0.2, 0) is 11.2 Å². The number of rotatable bonds is 6. The number of aliphatic carboxylic acids is 1. The number of urea groups is 1. The molecule has 30 heavy (non-hydrogen) atoms. The number of hydrogen-bond acceptors (Lipinski definition) is 3. The van der Waals surface area contributed by atoms with E-state index in [0.717, 1.165) is 18.4 Å². The molecule has 7 nitrogen and oxygen atoms in total. The monoisotopic (exact) mass is 469 g/mol. The predicted molar refractivity (Wildman–Crippen MR) is 114 cm³/mol. The predicted octanol–water partition coefficient (Wildman–Crippen LogP) is 3.82. The molecule has 2 aromatic carbocycles. The molecule has 0 bridgehead atoms. The lowest BCUT2D eigenvalue weighted by Gasteiger charge is -2.18. The van der Waals surface area contributed by atoms with E-state index in [9.17, 15) is 19.5 Å². The van der Waals surface area contributed by atoms with Gasteiger partial charge in [0, 0.05) is 5.02 Å². The summed E-state index contributed by atoms with van der Waals surface area (Å²) >= 11 is 17.8. The lowest BCUT2D eigenvalue weighted by Crippen LogP contribution is -2.50. The highest BCUT2D eigenvalue weighted by molar-refractivity contribution is 6.42. The first-order chi connectivity index (χ1) is 14.3. The quantitative estimate of drug-likeness (QED) is 0.515. The van der Waals surface area contributed by atoms with Crippen LogP contribution in [0.1, 0.15) is 33.9 Å². The van der Waals surface area contributed by atoms with Crippen LogP contribution in [0.4, 0.5) is 4.79 Å². The zero-order valence-corrected chi connectivity index (χ0v) is 17.8. The molecule has 10 heteroatoms. The second kappa shape index (κ2) is 9.55. The highest BCUT2D eigenvalue weighted by atomic mass is 35.5. The van der Waals surface area contributed by atoms with Crippen molar-refractivity contribution in [3.63, 3.8) is 0 Å². The van der Waals surface area contributed by atoms with Crippen molar-refractivity contribution < 1.29 is 19.5 Å². The Labute approximate surface area is 187 Å². The summed E-state index contributed by atoms with van der Waals surface area (Å²) in [6.07, 6.45) is 1.62. The first kappa shape index (κ1) is 22.2. The normalized spacial score (nSPS) is 15.8. The molecule has 1 unspecified atom stereocenters. The summed E-state index contributed by atoms with van der Waals surface area (Å²) in [5.41, 5.74) is 2.12. The fourth-order valence-corrected chi connectivity index (χ4v) is 4.29. The molecule has 1 aliphatic rings. The van der Waals surface area contributed by atoms with Gasteiger partial charge >= 0.3 is 12.0 Å². The van der Waals surface area contributed by atoms with Crippen LogP contribution in [0.3, 0.4) is 0 Å². The lowest BCUT2D eigenvalue weighted by molar-refractivity contribution is -0.139. The standard InChI is InChI=1S/C20H18Cl3N3O4/c21-11-7-13(22)17(14(23)8-11)18(27)25-16(19(28)29)9-24-20(30)26-15-6-5-10-3-1-2-4-12(10)15/h1-4,7-8,15-16H,5-6,9H2,(H,25,27)(H,28,29)(H2,24,26,30)/t15-,16?/m0/s1. The van der Waals surface area contributed by atoms with E-state index in [4.69, 9.17) is 34.8 Å². The maximum Gasteiger partial charge on any atom is 0.328 e. The van der Waals surface area contributed by atoms with Crippen LogP contribution >= 0.6 is 34.8 Å². The van der Waals surface area contributed by atoms with Crippen molar-refractivity contribution in [2.45, 2.75) is 24.9 Å². The number of carboxylic acids is 1. The molecule has 0 saturated heterocycles. The second-order valence-corrected chi connectivity index (χ2v) is 8.00. The van der Waals surface area contributed by atoms with Gasteiger partial charge in [-0.2, -0.15) is 0 Å². The minimum atomic E-state index is -1.39. The van der Waals surface area contributed by atoms with Crippen LogP contribution in [0, 0.1) is 0 Å². The Hall–Kier alpha value is -2.48. The molecule has 2 aromatic rings. The molecule has 1 aliphatic carbocycles. The molecular weight excluding hydrogens is 453 g/mol. The van der Waals surface area contributed by atoms with Crippen molar-refractivity contribution in [3.05, 3.63) is 68.2 Å². The number of carbonyl (C=O) groups excluding carboxylic acids is 2. The Kier molecular flexibility index (Phi) is 7.07. The number of benzene rings is 2. The van der Waals surface area contributed by atoms with Crippen LogP contribution in [0.2, 0.25) is 15.1 Å². The van der Waals surface area contributed by atoms with Gasteiger partial charge in [0.25, 0.3) is 5.91 Å². The van der Waals surface area contributed by atoms with E-state index in [2.05, 4.69) is 16.0 Å². The SMILES string of the molecule is O=C(NCC(NC(=O)c1c(Cl)cc(Cl)cc1Cl)C(=O)O)N[C@H]1CCc2ccccc21. The average molecular weight is 471 g/mol. The van der Waals surface area contributed by atoms with Crippen LogP contribution in [-0.4, -0.2) is 35.6 Å². The maximum atomic E-state index is 12.5. The third kappa shape index (κ3) is 5.16. The van der Waals surface area contributed by atoms with Gasteiger partial charge in [-0.05, 0) is 36.1 Å². The Morgan fingerprint density at radius 1 is 1.10 bits per heavy atom. The molecule has 0 spiro atoms. The van der Waals surface area contributed by atoms with Gasteiger partial charge in [0.2, 0.25) is 0 Å². The third-order valence-corrected chi connectivity index (χ3v) is 5.56. The molecule has 0 heterocycles. The van der Waals surface area contributed by atoms with Gasteiger partial charge in [-0.25, -0.2) is 9.59 Å². The lowest BCUT2D eigenvalue weighted by atomic mass is 10.1. The zero-order valence-electron chi connectivity index (χ0n) is 15.5. The van der Waals surface area contributed by atoms with Gasteiger partial charge in [0.15, 0.2) is 0 Å². The summed E-state index contributed by atoms with van der Waals surface area (Å²) in [5, 5.41) is 17.2. The van der Waals surface area contributed by atoms with Crippen LogP contribution in [0.15, 0.2) is 36.4 Å².